The molecule has 1 aliphatic rings. The van der Waals surface area contributed by atoms with Gasteiger partial charge in [0.1, 0.15) is 5.75 Å². The molecule has 0 amide bonds. The summed E-state index contributed by atoms with van der Waals surface area (Å²) in [6.45, 7) is 4.43. The molecule has 1 aliphatic heterocycles. The zero-order valence-corrected chi connectivity index (χ0v) is 19.9. The van der Waals surface area contributed by atoms with Gasteiger partial charge in [-0.25, -0.2) is 0 Å². The first-order valence-corrected chi connectivity index (χ1v) is 11.9. The molecular formula is C28H30N2O4. The number of pyridine rings is 1. The highest BCUT2D eigenvalue weighted by Crippen LogP contribution is 2.35. The fraction of sp³-hybridized carbons (Fsp3) is 0.321. The van der Waals surface area contributed by atoms with E-state index in [2.05, 4.69) is 43.0 Å². The summed E-state index contributed by atoms with van der Waals surface area (Å²) in [5.41, 5.74) is -0.0459. The Morgan fingerprint density at radius 3 is 2.50 bits per heavy atom. The minimum atomic E-state index is -0.171. The van der Waals surface area contributed by atoms with Gasteiger partial charge in [-0.1, -0.05) is 50.6 Å². The summed E-state index contributed by atoms with van der Waals surface area (Å²) in [6, 6.07) is 20.1. The minimum Gasteiger partial charge on any atom is -0.475 e. The molecule has 4 aromatic rings. The largest absolute Gasteiger partial charge is 0.475 e. The Hall–Kier alpha value is -3.51. The molecule has 0 fully saturated rings. The summed E-state index contributed by atoms with van der Waals surface area (Å²) < 4.78 is 19.3. The van der Waals surface area contributed by atoms with Gasteiger partial charge in [-0.3, -0.25) is 14.3 Å². The molecule has 0 aliphatic carbocycles. The summed E-state index contributed by atoms with van der Waals surface area (Å²) in [5, 5.41) is 3.81. The van der Waals surface area contributed by atoms with Gasteiger partial charge in [-0.15, -0.1) is 0 Å². The lowest BCUT2D eigenvalue weighted by atomic mass is 10.1. The predicted molar refractivity (Wildman–Crippen MR) is 135 cm³/mol. The summed E-state index contributed by atoms with van der Waals surface area (Å²) in [6.07, 6.45) is 4.12. The van der Waals surface area contributed by atoms with Crippen molar-refractivity contribution in [1.82, 2.24) is 9.47 Å². The number of nitrogens with zero attached hydrogens (tertiary/aromatic N) is 2. The zero-order valence-electron chi connectivity index (χ0n) is 19.9. The van der Waals surface area contributed by atoms with Crippen LogP contribution in [-0.2, 0) is 0 Å². The van der Waals surface area contributed by atoms with Gasteiger partial charge in [0.05, 0.1) is 11.6 Å². The molecule has 0 N–H and O–H groups in total. The molecule has 0 radical (unpaired) electrons. The van der Waals surface area contributed by atoms with E-state index in [1.807, 2.05) is 43.6 Å². The predicted octanol–water partition coefficient (Wildman–Crippen LogP) is 5.93. The average Bonchev–Trinajstić information content (AvgIpc) is 3.32. The van der Waals surface area contributed by atoms with Gasteiger partial charge in [-0.2, -0.15) is 0 Å². The molecular weight excluding hydrogens is 428 g/mol. The Bertz CT molecular complexity index is 1380. The molecule has 1 aromatic heterocycles. The summed E-state index contributed by atoms with van der Waals surface area (Å²) in [4.78, 5) is 15.7. The first kappa shape index (κ1) is 22.3. The number of rotatable bonds is 8. The monoisotopic (exact) mass is 458 g/mol. The SMILES string of the molecule is CCCC(Oc1ccc2ccccc2c1)N(C)C(CC)n1ccc2cc3c(cc2c1=O)OCO3. The summed E-state index contributed by atoms with van der Waals surface area (Å²) in [5.74, 6) is 2.13. The van der Waals surface area contributed by atoms with Crippen LogP contribution in [0.1, 0.15) is 39.3 Å². The van der Waals surface area contributed by atoms with Gasteiger partial charge in [0.25, 0.3) is 5.56 Å². The van der Waals surface area contributed by atoms with Crippen LogP contribution in [0.15, 0.2) is 71.7 Å². The second-order valence-electron chi connectivity index (χ2n) is 8.75. The number of benzene rings is 3. The van der Waals surface area contributed by atoms with E-state index in [1.165, 1.54) is 5.39 Å². The van der Waals surface area contributed by atoms with Crippen molar-refractivity contribution in [1.29, 1.82) is 0 Å². The van der Waals surface area contributed by atoms with Crippen molar-refractivity contribution in [3.63, 3.8) is 0 Å². The van der Waals surface area contributed by atoms with Crippen molar-refractivity contribution in [2.24, 2.45) is 0 Å². The Labute approximate surface area is 199 Å². The molecule has 6 heteroatoms. The van der Waals surface area contributed by atoms with Gasteiger partial charge < -0.3 is 14.2 Å². The summed E-state index contributed by atoms with van der Waals surface area (Å²) in [7, 11) is 2.03. The maximum atomic E-state index is 13.5. The van der Waals surface area contributed by atoms with Crippen LogP contribution in [0, 0.1) is 0 Å². The van der Waals surface area contributed by atoms with Crippen LogP contribution in [-0.4, -0.2) is 29.5 Å². The number of fused-ring (bicyclic) bond motifs is 3. The van der Waals surface area contributed by atoms with Crippen LogP contribution in [0.25, 0.3) is 21.5 Å². The first-order valence-electron chi connectivity index (χ1n) is 11.9. The van der Waals surface area contributed by atoms with E-state index >= 15 is 0 Å². The first-order chi connectivity index (χ1) is 16.6. The number of hydrogen-bond donors (Lipinski definition) is 0. The van der Waals surface area contributed by atoms with E-state index in [4.69, 9.17) is 14.2 Å². The Morgan fingerprint density at radius 2 is 1.74 bits per heavy atom. The topological polar surface area (TPSA) is 52.9 Å². The fourth-order valence-electron chi connectivity index (χ4n) is 4.75. The van der Waals surface area contributed by atoms with Gasteiger partial charge in [0, 0.05) is 6.20 Å². The zero-order chi connectivity index (χ0) is 23.7. The lowest BCUT2D eigenvalue weighted by molar-refractivity contribution is -0.0176. The number of hydrogen-bond acceptors (Lipinski definition) is 5. The molecule has 0 bridgehead atoms. The molecule has 34 heavy (non-hydrogen) atoms. The lowest BCUT2D eigenvalue weighted by Gasteiger charge is -2.35. The molecule has 176 valence electrons. The van der Waals surface area contributed by atoms with Crippen molar-refractivity contribution in [2.45, 2.75) is 45.5 Å². The van der Waals surface area contributed by atoms with E-state index in [-0.39, 0.29) is 24.7 Å². The molecule has 0 saturated carbocycles. The molecule has 5 rings (SSSR count). The van der Waals surface area contributed by atoms with Gasteiger partial charge in [0.2, 0.25) is 6.79 Å². The highest BCUT2D eigenvalue weighted by molar-refractivity contribution is 5.85. The van der Waals surface area contributed by atoms with Crippen LogP contribution in [0.4, 0.5) is 0 Å². The van der Waals surface area contributed by atoms with Crippen LogP contribution in [0.5, 0.6) is 17.2 Å². The van der Waals surface area contributed by atoms with Gasteiger partial charge in [-0.05, 0) is 66.4 Å². The average molecular weight is 459 g/mol. The van der Waals surface area contributed by atoms with Crippen molar-refractivity contribution in [3.8, 4) is 17.2 Å². The van der Waals surface area contributed by atoms with Crippen molar-refractivity contribution in [3.05, 3.63) is 77.2 Å². The van der Waals surface area contributed by atoms with Crippen molar-refractivity contribution < 1.29 is 14.2 Å². The minimum absolute atomic E-state index is 0.0459. The molecule has 2 atom stereocenters. The van der Waals surface area contributed by atoms with Crippen molar-refractivity contribution >= 4 is 21.5 Å². The standard InChI is InChI=1S/C28H30N2O4/c1-4-8-27(34-22-12-11-19-9-6-7-10-20(19)15-22)29(3)26(5-2)30-14-13-21-16-24-25(33-18-32-24)17-23(21)28(30)31/h6-7,9-17,26-27H,4-5,8,18H2,1-3H3. The van der Waals surface area contributed by atoms with Crippen LogP contribution >= 0.6 is 0 Å². The van der Waals surface area contributed by atoms with E-state index < -0.39 is 0 Å². The molecule has 0 spiro atoms. The quantitative estimate of drug-likeness (QED) is 0.306. The number of aromatic nitrogens is 1. The maximum absolute atomic E-state index is 13.5. The molecule has 2 unspecified atom stereocenters. The maximum Gasteiger partial charge on any atom is 0.259 e. The number of ether oxygens (including phenoxy) is 3. The third-order valence-corrected chi connectivity index (χ3v) is 6.56. The smallest absolute Gasteiger partial charge is 0.259 e. The van der Waals surface area contributed by atoms with Crippen molar-refractivity contribution in [2.75, 3.05) is 13.8 Å². The Morgan fingerprint density at radius 1 is 0.971 bits per heavy atom. The second-order valence-corrected chi connectivity index (χ2v) is 8.75. The molecule has 0 saturated heterocycles. The molecule has 3 aromatic carbocycles. The lowest BCUT2D eigenvalue weighted by Crippen LogP contribution is -2.43. The van der Waals surface area contributed by atoms with Crippen LogP contribution < -0.4 is 19.8 Å². The Balaban J connectivity index is 1.46. The van der Waals surface area contributed by atoms with Crippen LogP contribution in [0.2, 0.25) is 0 Å². The Kier molecular flexibility index (Phi) is 6.16. The third-order valence-electron chi connectivity index (χ3n) is 6.56. The van der Waals surface area contributed by atoms with Gasteiger partial charge >= 0.3 is 0 Å². The second kappa shape index (κ2) is 9.39. The molecule has 2 heterocycles. The van der Waals surface area contributed by atoms with Crippen LogP contribution in [0.3, 0.4) is 0 Å². The van der Waals surface area contributed by atoms with E-state index in [9.17, 15) is 4.79 Å². The normalized spacial score (nSPS) is 14.6. The highest BCUT2D eigenvalue weighted by atomic mass is 16.7. The highest BCUT2D eigenvalue weighted by Gasteiger charge is 2.26. The summed E-state index contributed by atoms with van der Waals surface area (Å²) >= 11 is 0. The van der Waals surface area contributed by atoms with E-state index in [0.29, 0.717) is 16.9 Å². The third kappa shape index (κ3) is 4.10. The van der Waals surface area contributed by atoms with E-state index in [0.717, 1.165) is 35.8 Å². The van der Waals surface area contributed by atoms with E-state index in [1.54, 1.807) is 10.6 Å². The molecule has 6 nitrogen and oxygen atoms in total. The fourth-order valence-corrected chi connectivity index (χ4v) is 4.75. The van der Waals surface area contributed by atoms with Gasteiger partial charge in [0.15, 0.2) is 17.7 Å².